The number of aryl methyl sites for hydroxylation is 1. The van der Waals surface area contributed by atoms with E-state index in [0.717, 1.165) is 9.35 Å². The fraction of sp³-hybridized carbons (Fsp3) is 0.333. The zero-order chi connectivity index (χ0) is 7.56. The van der Waals surface area contributed by atoms with E-state index < -0.39 is 0 Å². The van der Waals surface area contributed by atoms with Crippen LogP contribution in [-0.4, -0.2) is 0 Å². The highest BCUT2D eigenvalue weighted by molar-refractivity contribution is 9.10. The topological polar surface area (TPSA) is 35.2 Å². The van der Waals surface area contributed by atoms with Gasteiger partial charge in [-0.1, -0.05) is 0 Å². The molecule has 4 heteroatoms. The standard InChI is InChI=1S/C6H8BrNOS/c1-4-2-5(7)6(10-4)3-9-8/h2H,3,8H2,1H3. The first-order valence-corrected chi connectivity index (χ1v) is 4.41. The van der Waals surface area contributed by atoms with Crippen LogP contribution in [0.15, 0.2) is 10.5 Å². The third kappa shape index (κ3) is 1.79. The van der Waals surface area contributed by atoms with Crippen LogP contribution in [0.4, 0.5) is 0 Å². The van der Waals surface area contributed by atoms with Gasteiger partial charge in [0, 0.05) is 14.2 Å². The maximum absolute atomic E-state index is 4.92. The largest absolute Gasteiger partial charge is 0.299 e. The van der Waals surface area contributed by atoms with Crippen molar-refractivity contribution < 1.29 is 4.84 Å². The van der Waals surface area contributed by atoms with Crippen LogP contribution in [0.5, 0.6) is 0 Å². The van der Waals surface area contributed by atoms with Crippen LogP contribution in [0, 0.1) is 6.92 Å². The van der Waals surface area contributed by atoms with E-state index in [1.807, 2.05) is 0 Å². The Morgan fingerprint density at radius 2 is 2.50 bits per heavy atom. The van der Waals surface area contributed by atoms with Gasteiger partial charge in [0.2, 0.25) is 0 Å². The second-order valence-corrected chi connectivity index (χ2v) is 4.13. The van der Waals surface area contributed by atoms with Crippen molar-refractivity contribution in [3.63, 3.8) is 0 Å². The van der Waals surface area contributed by atoms with Crippen molar-refractivity contribution >= 4 is 27.3 Å². The molecule has 0 aromatic carbocycles. The molecule has 0 spiro atoms. The zero-order valence-corrected chi connectivity index (χ0v) is 7.96. The first-order chi connectivity index (χ1) is 4.74. The van der Waals surface area contributed by atoms with Crippen LogP contribution in [0.25, 0.3) is 0 Å². The summed E-state index contributed by atoms with van der Waals surface area (Å²) in [5, 5.41) is 0. The molecule has 1 heterocycles. The van der Waals surface area contributed by atoms with Gasteiger partial charge in [0.25, 0.3) is 0 Å². The molecule has 2 nitrogen and oxygen atoms in total. The Labute approximate surface area is 72.1 Å². The van der Waals surface area contributed by atoms with E-state index in [2.05, 4.69) is 33.8 Å². The lowest BCUT2D eigenvalue weighted by atomic mass is 10.4. The molecule has 1 rings (SSSR count). The highest BCUT2D eigenvalue weighted by Gasteiger charge is 2.02. The first-order valence-electron chi connectivity index (χ1n) is 2.80. The number of nitrogens with two attached hydrogens (primary N) is 1. The molecule has 0 radical (unpaired) electrons. The van der Waals surface area contributed by atoms with Crippen molar-refractivity contribution in [2.75, 3.05) is 0 Å². The summed E-state index contributed by atoms with van der Waals surface area (Å²) in [6.07, 6.45) is 0. The number of hydrogen-bond donors (Lipinski definition) is 1. The molecule has 0 fully saturated rings. The Morgan fingerprint density at radius 3 is 2.90 bits per heavy atom. The smallest absolute Gasteiger partial charge is 0.103 e. The van der Waals surface area contributed by atoms with E-state index in [1.54, 1.807) is 11.3 Å². The molecule has 0 amide bonds. The molecule has 0 atom stereocenters. The second kappa shape index (κ2) is 3.48. The van der Waals surface area contributed by atoms with Gasteiger partial charge < -0.3 is 0 Å². The van der Waals surface area contributed by atoms with Crippen molar-refractivity contribution in [3.05, 3.63) is 20.3 Å². The fourth-order valence-corrected chi connectivity index (χ4v) is 2.41. The zero-order valence-electron chi connectivity index (χ0n) is 5.56. The number of thiophene rings is 1. The molecule has 0 aliphatic heterocycles. The minimum absolute atomic E-state index is 0.485. The van der Waals surface area contributed by atoms with E-state index in [4.69, 9.17) is 5.90 Å². The molecule has 1 aromatic heterocycles. The molecule has 0 saturated heterocycles. The Balaban J connectivity index is 2.81. The van der Waals surface area contributed by atoms with Gasteiger partial charge in [-0.15, -0.1) is 11.3 Å². The van der Waals surface area contributed by atoms with Gasteiger partial charge in [-0.25, -0.2) is 5.90 Å². The highest BCUT2D eigenvalue weighted by atomic mass is 79.9. The van der Waals surface area contributed by atoms with Gasteiger partial charge >= 0.3 is 0 Å². The first kappa shape index (κ1) is 8.20. The van der Waals surface area contributed by atoms with E-state index in [-0.39, 0.29) is 0 Å². The highest BCUT2D eigenvalue weighted by Crippen LogP contribution is 2.26. The molecule has 56 valence electrons. The maximum Gasteiger partial charge on any atom is 0.103 e. The summed E-state index contributed by atoms with van der Waals surface area (Å²) in [6, 6.07) is 2.05. The Hall–Kier alpha value is 0.1000. The molecule has 2 N–H and O–H groups in total. The summed E-state index contributed by atoms with van der Waals surface area (Å²) >= 11 is 5.08. The summed E-state index contributed by atoms with van der Waals surface area (Å²) in [5.41, 5.74) is 0. The van der Waals surface area contributed by atoms with Gasteiger partial charge in [0.15, 0.2) is 0 Å². The van der Waals surface area contributed by atoms with Gasteiger partial charge in [-0.3, -0.25) is 4.84 Å². The SMILES string of the molecule is Cc1cc(Br)c(CON)s1. The average Bonchev–Trinajstić information content (AvgIpc) is 2.13. The Bertz CT molecular complexity index is 224. The lowest BCUT2D eigenvalue weighted by Gasteiger charge is -1.92. The lowest BCUT2D eigenvalue weighted by molar-refractivity contribution is 0.126. The molecule has 10 heavy (non-hydrogen) atoms. The predicted octanol–water partition coefficient (Wildman–Crippen LogP) is 2.21. The van der Waals surface area contributed by atoms with Crippen LogP contribution in [0.2, 0.25) is 0 Å². The van der Waals surface area contributed by atoms with Crippen molar-refractivity contribution in [3.8, 4) is 0 Å². The molecular formula is C6H8BrNOS. The molecular weight excluding hydrogens is 214 g/mol. The van der Waals surface area contributed by atoms with Crippen LogP contribution in [-0.2, 0) is 11.4 Å². The van der Waals surface area contributed by atoms with Crippen molar-refractivity contribution in [2.45, 2.75) is 13.5 Å². The normalized spacial score (nSPS) is 10.3. The van der Waals surface area contributed by atoms with E-state index in [1.165, 1.54) is 4.88 Å². The second-order valence-electron chi connectivity index (χ2n) is 1.94. The summed E-state index contributed by atoms with van der Waals surface area (Å²) in [6.45, 7) is 2.54. The van der Waals surface area contributed by atoms with Crippen molar-refractivity contribution in [1.82, 2.24) is 0 Å². The van der Waals surface area contributed by atoms with Gasteiger partial charge in [0.1, 0.15) is 6.61 Å². The molecule has 0 aliphatic carbocycles. The minimum Gasteiger partial charge on any atom is -0.299 e. The predicted molar refractivity (Wildman–Crippen MR) is 45.7 cm³/mol. The summed E-state index contributed by atoms with van der Waals surface area (Å²) in [4.78, 5) is 6.90. The van der Waals surface area contributed by atoms with E-state index >= 15 is 0 Å². The van der Waals surface area contributed by atoms with Gasteiger partial charge in [-0.05, 0) is 28.9 Å². The van der Waals surface area contributed by atoms with Crippen molar-refractivity contribution in [1.29, 1.82) is 0 Å². The third-order valence-corrected chi connectivity index (χ3v) is 3.09. The Morgan fingerprint density at radius 1 is 1.80 bits per heavy atom. The molecule has 0 saturated carbocycles. The van der Waals surface area contributed by atoms with Crippen LogP contribution < -0.4 is 5.90 Å². The molecule has 0 aliphatic rings. The molecule has 1 aromatic rings. The molecule has 0 bridgehead atoms. The summed E-state index contributed by atoms with van der Waals surface area (Å²) < 4.78 is 1.08. The van der Waals surface area contributed by atoms with Crippen LogP contribution in [0.1, 0.15) is 9.75 Å². The van der Waals surface area contributed by atoms with E-state index in [0.29, 0.717) is 6.61 Å². The quantitative estimate of drug-likeness (QED) is 0.778. The fourth-order valence-electron chi connectivity index (χ4n) is 0.706. The monoisotopic (exact) mass is 221 g/mol. The average molecular weight is 222 g/mol. The third-order valence-electron chi connectivity index (χ3n) is 1.09. The van der Waals surface area contributed by atoms with Gasteiger partial charge in [0.05, 0.1) is 0 Å². The summed E-state index contributed by atoms with van der Waals surface area (Å²) in [7, 11) is 0. The van der Waals surface area contributed by atoms with Crippen LogP contribution in [0.3, 0.4) is 0 Å². The summed E-state index contributed by atoms with van der Waals surface area (Å²) in [5.74, 6) is 4.92. The minimum atomic E-state index is 0.485. The lowest BCUT2D eigenvalue weighted by Crippen LogP contribution is -1.96. The van der Waals surface area contributed by atoms with Crippen molar-refractivity contribution in [2.24, 2.45) is 5.90 Å². The number of rotatable bonds is 2. The number of halogens is 1. The molecule has 0 unspecified atom stereocenters. The Kier molecular flexibility index (Phi) is 2.85. The maximum atomic E-state index is 4.92. The van der Waals surface area contributed by atoms with E-state index in [9.17, 15) is 0 Å². The number of hydrogen-bond acceptors (Lipinski definition) is 3. The van der Waals surface area contributed by atoms with Crippen LogP contribution >= 0.6 is 27.3 Å². The van der Waals surface area contributed by atoms with Gasteiger partial charge in [-0.2, -0.15) is 0 Å².